The first-order valence-electron chi connectivity index (χ1n) is 10.1. The fraction of sp³-hybridized carbons (Fsp3) is 0.120. The number of aromatic carboxylic acids is 1. The molecule has 3 aromatic carbocycles. The van der Waals surface area contributed by atoms with Crippen LogP contribution >= 0.6 is 11.6 Å². The molecule has 0 aliphatic carbocycles. The highest BCUT2D eigenvalue weighted by Gasteiger charge is 2.35. The van der Waals surface area contributed by atoms with Crippen molar-refractivity contribution in [2.24, 2.45) is 0 Å². The molecule has 33 heavy (non-hydrogen) atoms. The lowest BCUT2D eigenvalue weighted by Gasteiger charge is -2.29. The number of fused-ring (bicyclic) bond motifs is 1. The first-order chi connectivity index (χ1) is 15.9. The Kier molecular flexibility index (Phi) is 6.11. The highest BCUT2D eigenvalue weighted by atomic mass is 35.5. The molecule has 1 aliphatic heterocycles. The molecule has 2 amide bonds. The Morgan fingerprint density at radius 1 is 1.06 bits per heavy atom. The van der Waals surface area contributed by atoms with Crippen LogP contribution < -0.4 is 5.32 Å². The monoisotopic (exact) mass is 459 g/mol. The van der Waals surface area contributed by atoms with Crippen LogP contribution in [0.1, 0.15) is 37.4 Å². The van der Waals surface area contributed by atoms with Crippen LogP contribution in [0.25, 0.3) is 0 Å². The van der Waals surface area contributed by atoms with Crippen molar-refractivity contribution in [1.82, 2.24) is 4.90 Å². The van der Waals surface area contributed by atoms with E-state index in [1.165, 1.54) is 23.1 Å². The van der Waals surface area contributed by atoms with Gasteiger partial charge in [-0.3, -0.25) is 9.59 Å². The number of anilines is 1. The predicted molar refractivity (Wildman–Crippen MR) is 122 cm³/mol. The van der Waals surface area contributed by atoms with Crippen LogP contribution in [0.15, 0.2) is 66.7 Å². The van der Waals surface area contributed by atoms with Gasteiger partial charge >= 0.3 is 5.97 Å². The largest absolute Gasteiger partial charge is 0.478 e. The minimum atomic E-state index is -1.05. The minimum Gasteiger partial charge on any atom is -0.478 e. The van der Waals surface area contributed by atoms with E-state index in [-0.39, 0.29) is 30.3 Å². The predicted octanol–water partition coefficient (Wildman–Crippen LogP) is 4.12. The van der Waals surface area contributed by atoms with Crippen LogP contribution in [0.4, 0.5) is 5.69 Å². The summed E-state index contributed by atoms with van der Waals surface area (Å²) in [5, 5.41) is 21.5. The van der Waals surface area contributed by atoms with Crippen LogP contribution in [-0.4, -0.2) is 33.8 Å². The van der Waals surface area contributed by atoms with E-state index in [0.29, 0.717) is 27.4 Å². The number of carbonyl (C=O) groups excluding carboxylic acids is 2. The van der Waals surface area contributed by atoms with Gasteiger partial charge in [-0.15, -0.1) is 0 Å². The molecular weight excluding hydrogens is 442 g/mol. The molecule has 3 aromatic rings. The summed E-state index contributed by atoms with van der Waals surface area (Å²) in [6.07, 6.45) is 0.196. The third-order valence-electron chi connectivity index (χ3n) is 5.45. The number of halogens is 1. The van der Waals surface area contributed by atoms with Gasteiger partial charge in [0.05, 0.1) is 28.4 Å². The number of nitrogens with one attached hydrogen (secondary N) is 1. The van der Waals surface area contributed by atoms with Crippen molar-refractivity contribution in [3.63, 3.8) is 0 Å². The average molecular weight is 460 g/mol. The van der Waals surface area contributed by atoms with Crippen molar-refractivity contribution in [1.29, 1.82) is 5.26 Å². The van der Waals surface area contributed by atoms with Crippen LogP contribution in [0.5, 0.6) is 0 Å². The van der Waals surface area contributed by atoms with Crippen molar-refractivity contribution < 1.29 is 19.5 Å². The highest BCUT2D eigenvalue weighted by Crippen LogP contribution is 2.29. The number of carboxylic acids is 1. The number of rotatable bonds is 5. The quantitative estimate of drug-likeness (QED) is 0.596. The summed E-state index contributed by atoms with van der Waals surface area (Å²) in [7, 11) is 0. The molecule has 0 radical (unpaired) electrons. The van der Waals surface area contributed by atoms with E-state index < -0.39 is 12.0 Å². The molecule has 0 aromatic heterocycles. The normalized spacial score (nSPS) is 15.3. The number of carboxylic acid groups (broad SMARTS) is 1. The Morgan fingerprint density at radius 3 is 2.52 bits per heavy atom. The second-order valence-electron chi connectivity index (χ2n) is 7.65. The molecule has 8 heteroatoms. The summed E-state index contributed by atoms with van der Waals surface area (Å²) in [6.45, 7) is 0.0941. The van der Waals surface area contributed by atoms with Crippen molar-refractivity contribution >= 4 is 35.1 Å². The maximum absolute atomic E-state index is 13.5. The number of nitriles is 1. The molecule has 7 nitrogen and oxygen atoms in total. The van der Waals surface area contributed by atoms with E-state index in [1.807, 2.05) is 0 Å². The van der Waals surface area contributed by atoms with E-state index in [9.17, 15) is 19.6 Å². The van der Waals surface area contributed by atoms with Crippen molar-refractivity contribution in [2.45, 2.75) is 19.0 Å². The Balaban J connectivity index is 1.74. The summed E-state index contributed by atoms with van der Waals surface area (Å²) >= 11 is 6.08. The lowest BCUT2D eigenvalue weighted by Crippen LogP contribution is -2.46. The van der Waals surface area contributed by atoms with E-state index in [4.69, 9.17) is 16.7 Å². The number of hydrogen-bond acceptors (Lipinski definition) is 4. The third kappa shape index (κ3) is 4.71. The Morgan fingerprint density at radius 2 is 1.82 bits per heavy atom. The van der Waals surface area contributed by atoms with E-state index in [0.717, 1.165) is 5.56 Å². The van der Waals surface area contributed by atoms with Gasteiger partial charge in [-0.25, -0.2) is 4.79 Å². The zero-order chi connectivity index (χ0) is 23.5. The van der Waals surface area contributed by atoms with Gasteiger partial charge in [0.15, 0.2) is 0 Å². The lowest BCUT2D eigenvalue weighted by atomic mass is 10.0. The van der Waals surface area contributed by atoms with Crippen LogP contribution in [0.2, 0.25) is 5.02 Å². The molecule has 1 aliphatic rings. The van der Waals surface area contributed by atoms with Crippen LogP contribution in [-0.2, 0) is 17.8 Å². The van der Waals surface area contributed by atoms with E-state index in [1.54, 1.807) is 48.5 Å². The highest BCUT2D eigenvalue weighted by molar-refractivity contribution is 6.31. The fourth-order valence-corrected chi connectivity index (χ4v) is 3.96. The molecule has 1 atom stereocenters. The van der Waals surface area contributed by atoms with Gasteiger partial charge in [-0.1, -0.05) is 35.9 Å². The number of amides is 2. The second-order valence-corrected chi connectivity index (χ2v) is 8.08. The first kappa shape index (κ1) is 22.1. The molecule has 4 rings (SSSR count). The van der Waals surface area contributed by atoms with Crippen molar-refractivity contribution in [3.05, 3.63) is 99.6 Å². The van der Waals surface area contributed by atoms with Crippen LogP contribution in [0.3, 0.4) is 0 Å². The molecule has 0 saturated heterocycles. The zero-order valence-electron chi connectivity index (χ0n) is 17.3. The summed E-state index contributed by atoms with van der Waals surface area (Å²) in [4.78, 5) is 39.4. The van der Waals surface area contributed by atoms with E-state index in [2.05, 4.69) is 11.4 Å². The zero-order valence-corrected chi connectivity index (χ0v) is 18.0. The summed E-state index contributed by atoms with van der Waals surface area (Å²) in [5.41, 5.74) is 2.63. The lowest BCUT2D eigenvalue weighted by molar-refractivity contribution is -0.120. The van der Waals surface area contributed by atoms with Gasteiger partial charge in [0.25, 0.3) is 5.91 Å². The number of nitrogens with zero attached hydrogens (tertiary/aromatic N) is 2. The second kappa shape index (κ2) is 9.15. The van der Waals surface area contributed by atoms with Crippen molar-refractivity contribution in [3.8, 4) is 6.07 Å². The first-order valence-corrected chi connectivity index (χ1v) is 10.5. The molecule has 0 saturated carbocycles. The maximum atomic E-state index is 13.5. The summed E-state index contributed by atoms with van der Waals surface area (Å²) in [6, 6.07) is 18.9. The Bertz CT molecular complexity index is 1300. The topological polar surface area (TPSA) is 111 Å². The number of benzene rings is 3. The third-order valence-corrected chi connectivity index (χ3v) is 5.68. The molecular formula is C25H18ClN3O4. The molecule has 164 valence electrons. The number of carbonyl (C=O) groups is 3. The van der Waals surface area contributed by atoms with Gasteiger partial charge in [-0.2, -0.15) is 5.26 Å². The molecule has 1 heterocycles. The van der Waals surface area contributed by atoms with E-state index >= 15 is 0 Å². The minimum absolute atomic E-state index is 0.0941. The van der Waals surface area contributed by atoms with Gasteiger partial charge < -0.3 is 15.3 Å². The molecule has 1 unspecified atom stereocenters. The maximum Gasteiger partial charge on any atom is 0.335 e. The summed E-state index contributed by atoms with van der Waals surface area (Å²) in [5.74, 6) is -1.79. The van der Waals surface area contributed by atoms with Gasteiger partial charge in [0, 0.05) is 18.0 Å². The molecule has 0 bridgehead atoms. The molecule has 0 fully saturated rings. The fourth-order valence-electron chi connectivity index (χ4n) is 3.79. The number of hydrogen-bond donors (Lipinski definition) is 2. The molecule has 0 spiro atoms. The van der Waals surface area contributed by atoms with Crippen LogP contribution in [0, 0.1) is 11.3 Å². The Hall–Kier alpha value is -4.15. The Labute approximate surface area is 194 Å². The standard InChI is InChI=1S/C25H18ClN3O4/c26-19-8-9-20-21(12-19)28-23(30)22(11-16-2-1-3-17(10-16)13-27)29(24(20)31)14-15-4-6-18(7-5-15)25(32)33/h1-10,12,22H,11,14H2,(H,28,30)(H,32,33). The molecule has 2 N–H and O–H groups in total. The summed E-state index contributed by atoms with van der Waals surface area (Å²) < 4.78 is 0. The smallest absolute Gasteiger partial charge is 0.335 e. The van der Waals surface area contributed by atoms with Gasteiger partial charge in [0.2, 0.25) is 5.91 Å². The SMILES string of the molecule is N#Cc1cccc(CC2C(=O)Nc3cc(Cl)ccc3C(=O)N2Cc2ccc(C(=O)O)cc2)c1. The van der Waals surface area contributed by atoms with Gasteiger partial charge in [0.1, 0.15) is 6.04 Å². The van der Waals surface area contributed by atoms with Gasteiger partial charge in [-0.05, 0) is 53.6 Å². The van der Waals surface area contributed by atoms with Crippen molar-refractivity contribution in [2.75, 3.05) is 5.32 Å². The average Bonchev–Trinajstić information content (AvgIpc) is 2.89.